The van der Waals surface area contributed by atoms with Crippen LogP contribution in [0.2, 0.25) is 0 Å². The van der Waals surface area contributed by atoms with Crippen molar-refractivity contribution in [2.24, 2.45) is 5.73 Å². The predicted octanol–water partition coefficient (Wildman–Crippen LogP) is 3.70. The van der Waals surface area contributed by atoms with E-state index in [-0.39, 0.29) is 5.41 Å². The van der Waals surface area contributed by atoms with Crippen molar-refractivity contribution in [3.63, 3.8) is 0 Å². The number of hydrogen-bond donors (Lipinski definition) is 2. The molecule has 21 heavy (non-hydrogen) atoms. The first-order valence-corrected chi connectivity index (χ1v) is 7.10. The second kappa shape index (κ2) is 6.00. The van der Waals surface area contributed by atoms with E-state index in [0.717, 1.165) is 11.3 Å². The zero-order valence-corrected chi connectivity index (χ0v) is 12.8. The molecule has 0 atom stereocenters. The van der Waals surface area contributed by atoms with Gasteiger partial charge in [-0.15, -0.1) is 0 Å². The zero-order valence-electron chi connectivity index (χ0n) is 12.8. The summed E-state index contributed by atoms with van der Waals surface area (Å²) >= 11 is 0. The lowest BCUT2D eigenvalue weighted by Crippen LogP contribution is -2.15. The van der Waals surface area contributed by atoms with Gasteiger partial charge in [0.05, 0.1) is 0 Å². The Hall–Kier alpha value is -2.29. The molecule has 2 aromatic rings. The number of carbonyl (C=O) groups excluding carboxylic acids is 1. The summed E-state index contributed by atoms with van der Waals surface area (Å²) in [5.41, 5.74) is 9.37. The summed E-state index contributed by atoms with van der Waals surface area (Å²) in [7, 11) is 0. The highest BCUT2D eigenvalue weighted by atomic mass is 16.1. The molecule has 3 N–H and O–H groups in total. The lowest BCUT2D eigenvalue weighted by atomic mass is 9.86. The van der Waals surface area contributed by atoms with E-state index in [2.05, 4.69) is 44.3 Å². The van der Waals surface area contributed by atoms with Gasteiger partial charge in [0.25, 0.3) is 0 Å². The van der Waals surface area contributed by atoms with Crippen LogP contribution < -0.4 is 11.1 Å². The summed E-state index contributed by atoms with van der Waals surface area (Å²) in [6.45, 7) is 7.25. The summed E-state index contributed by atoms with van der Waals surface area (Å²) in [4.78, 5) is 11.2. The molecule has 0 aliphatic carbocycles. The van der Waals surface area contributed by atoms with Gasteiger partial charge in [-0.1, -0.05) is 51.1 Å². The van der Waals surface area contributed by atoms with Crippen LogP contribution >= 0.6 is 0 Å². The second-order valence-electron chi connectivity index (χ2n) is 6.21. The van der Waals surface area contributed by atoms with Crippen molar-refractivity contribution >= 4 is 11.6 Å². The van der Waals surface area contributed by atoms with Crippen molar-refractivity contribution in [1.82, 2.24) is 0 Å². The molecule has 0 saturated carbocycles. The Morgan fingerprint density at radius 1 is 1.10 bits per heavy atom. The third kappa shape index (κ3) is 3.85. The summed E-state index contributed by atoms with van der Waals surface area (Å²) < 4.78 is 0. The number of nitrogens with one attached hydrogen (secondary N) is 1. The highest BCUT2D eigenvalue weighted by Crippen LogP contribution is 2.29. The molecular weight excluding hydrogens is 260 g/mol. The van der Waals surface area contributed by atoms with Gasteiger partial charge in [-0.3, -0.25) is 4.79 Å². The normalized spacial score (nSPS) is 11.2. The number of benzene rings is 2. The third-order valence-electron chi connectivity index (χ3n) is 3.43. The molecular formula is C18H22N2O. The fourth-order valence-corrected chi connectivity index (χ4v) is 2.32. The second-order valence-corrected chi connectivity index (χ2v) is 6.21. The van der Waals surface area contributed by atoms with Crippen LogP contribution in [0.25, 0.3) is 0 Å². The molecule has 0 aromatic heterocycles. The Labute approximate surface area is 126 Å². The Balaban J connectivity index is 2.17. The highest BCUT2D eigenvalue weighted by molar-refractivity contribution is 5.92. The molecule has 0 aliphatic rings. The summed E-state index contributed by atoms with van der Waals surface area (Å²) in [6.07, 6.45) is 0. The summed E-state index contributed by atoms with van der Waals surface area (Å²) in [5.74, 6) is -0.396. The average Bonchev–Trinajstić information content (AvgIpc) is 2.45. The van der Waals surface area contributed by atoms with Gasteiger partial charge < -0.3 is 11.1 Å². The number of nitrogens with two attached hydrogens (primary N) is 1. The van der Waals surface area contributed by atoms with E-state index in [1.807, 2.05) is 24.3 Å². The van der Waals surface area contributed by atoms with Crippen LogP contribution in [0.4, 0.5) is 5.69 Å². The molecule has 0 fully saturated rings. The van der Waals surface area contributed by atoms with E-state index < -0.39 is 5.91 Å². The van der Waals surface area contributed by atoms with E-state index in [4.69, 9.17) is 5.73 Å². The molecule has 3 nitrogen and oxygen atoms in total. The van der Waals surface area contributed by atoms with E-state index in [1.54, 1.807) is 6.07 Å². The minimum absolute atomic E-state index is 0.0820. The molecule has 3 heteroatoms. The molecule has 0 heterocycles. The molecule has 110 valence electrons. The van der Waals surface area contributed by atoms with Crippen molar-refractivity contribution in [2.45, 2.75) is 32.7 Å². The topological polar surface area (TPSA) is 55.1 Å². The minimum Gasteiger partial charge on any atom is -0.381 e. The lowest BCUT2D eigenvalue weighted by Gasteiger charge is -2.23. The Kier molecular flexibility index (Phi) is 4.32. The third-order valence-corrected chi connectivity index (χ3v) is 3.43. The van der Waals surface area contributed by atoms with Crippen LogP contribution in [0, 0.1) is 0 Å². The molecule has 0 aliphatic heterocycles. The monoisotopic (exact) mass is 282 g/mol. The smallest absolute Gasteiger partial charge is 0.248 e. The maximum Gasteiger partial charge on any atom is 0.248 e. The predicted molar refractivity (Wildman–Crippen MR) is 87.4 cm³/mol. The van der Waals surface area contributed by atoms with Crippen molar-refractivity contribution < 1.29 is 4.79 Å². The van der Waals surface area contributed by atoms with E-state index in [9.17, 15) is 4.79 Å². The molecule has 2 aromatic carbocycles. The molecule has 0 bridgehead atoms. The van der Waals surface area contributed by atoms with Crippen molar-refractivity contribution in [2.75, 3.05) is 5.32 Å². The maximum absolute atomic E-state index is 11.2. The Bertz CT molecular complexity index is 642. The van der Waals surface area contributed by atoms with Crippen LogP contribution in [0.1, 0.15) is 42.3 Å². The van der Waals surface area contributed by atoms with Crippen LogP contribution in [-0.2, 0) is 12.0 Å². The number of para-hydroxylation sites is 1. The van der Waals surface area contributed by atoms with Crippen molar-refractivity contribution in [3.8, 4) is 0 Å². The lowest BCUT2D eigenvalue weighted by molar-refractivity contribution is 0.1000. The molecule has 1 amide bonds. The molecule has 0 radical (unpaired) electrons. The van der Waals surface area contributed by atoms with Crippen LogP contribution in [0.3, 0.4) is 0 Å². The number of amides is 1. The Morgan fingerprint density at radius 3 is 2.48 bits per heavy atom. The number of carbonyl (C=O) groups is 1. The van der Waals surface area contributed by atoms with Gasteiger partial charge in [-0.25, -0.2) is 0 Å². The van der Waals surface area contributed by atoms with Gasteiger partial charge in [-0.05, 0) is 34.7 Å². The summed E-state index contributed by atoms with van der Waals surface area (Å²) in [6, 6.07) is 15.7. The molecule has 0 saturated heterocycles. The number of hydrogen-bond acceptors (Lipinski definition) is 2. The van der Waals surface area contributed by atoms with E-state index >= 15 is 0 Å². The number of anilines is 1. The number of rotatable bonds is 4. The van der Waals surface area contributed by atoms with Gasteiger partial charge >= 0.3 is 0 Å². The van der Waals surface area contributed by atoms with Crippen LogP contribution in [0.15, 0.2) is 48.5 Å². The largest absolute Gasteiger partial charge is 0.381 e. The first-order chi connectivity index (χ1) is 9.88. The maximum atomic E-state index is 11.2. The minimum atomic E-state index is -0.396. The van der Waals surface area contributed by atoms with E-state index in [0.29, 0.717) is 12.1 Å². The van der Waals surface area contributed by atoms with Gasteiger partial charge in [0, 0.05) is 17.8 Å². The average molecular weight is 282 g/mol. The summed E-state index contributed by atoms with van der Waals surface area (Å²) in [5, 5.41) is 3.45. The Morgan fingerprint density at radius 2 is 1.81 bits per heavy atom. The van der Waals surface area contributed by atoms with Gasteiger partial charge in [0.1, 0.15) is 0 Å². The van der Waals surface area contributed by atoms with Gasteiger partial charge in [-0.2, -0.15) is 0 Å². The van der Waals surface area contributed by atoms with Gasteiger partial charge in [0.15, 0.2) is 0 Å². The van der Waals surface area contributed by atoms with Crippen molar-refractivity contribution in [3.05, 3.63) is 65.2 Å². The molecule has 2 rings (SSSR count). The first-order valence-electron chi connectivity index (χ1n) is 7.10. The van der Waals surface area contributed by atoms with E-state index in [1.165, 1.54) is 5.56 Å². The number of primary amides is 1. The zero-order chi connectivity index (χ0) is 15.5. The standard InChI is InChI=1S/C18H22N2O/c1-18(2,3)15-9-4-5-10-16(15)20-12-13-7-6-8-14(11-13)17(19)21/h4-11,20H,12H2,1-3H3,(H2,19,21). The molecule has 0 unspecified atom stereocenters. The first kappa shape index (κ1) is 15.1. The van der Waals surface area contributed by atoms with Crippen molar-refractivity contribution in [1.29, 1.82) is 0 Å². The van der Waals surface area contributed by atoms with Gasteiger partial charge in [0.2, 0.25) is 5.91 Å². The SMILES string of the molecule is CC(C)(C)c1ccccc1NCc1cccc(C(N)=O)c1. The fraction of sp³-hybridized carbons (Fsp3) is 0.278. The van der Waals surface area contributed by atoms with Crippen LogP contribution in [-0.4, -0.2) is 5.91 Å². The highest BCUT2D eigenvalue weighted by Gasteiger charge is 2.17. The quantitative estimate of drug-likeness (QED) is 0.898. The fourth-order valence-electron chi connectivity index (χ4n) is 2.32. The molecule has 0 spiro atoms. The van der Waals surface area contributed by atoms with Crippen LogP contribution in [0.5, 0.6) is 0 Å².